The summed E-state index contributed by atoms with van der Waals surface area (Å²) >= 11 is 0. The van der Waals surface area contributed by atoms with Gasteiger partial charge >= 0.3 is 0 Å². The normalized spacial score (nSPS) is 28.8. The van der Waals surface area contributed by atoms with Gasteiger partial charge in [0, 0.05) is 17.2 Å². The van der Waals surface area contributed by atoms with E-state index in [0.717, 1.165) is 35.6 Å². The maximum absolute atomic E-state index is 5.70. The van der Waals surface area contributed by atoms with Crippen molar-refractivity contribution in [1.29, 1.82) is 0 Å². The van der Waals surface area contributed by atoms with Crippen molar-refractivity contribution in [3.8, 4) is 5.75 Å². The van der Waals surface area contributed by atoms with Gasteiger partial charge in [-0.15, -0.1) is 0 Å². The van der Waals surface area contributed by atoms with Gasteiger partial charge in [-0.3, -0.25) is 4.98 Å². The quantitative estimate of drug-likeness (QED) is 0.603. The average molecular weight is 175 g/mol. The molecule has 1 aromatic heterocycles. The number of nitrogens with zero attached hydrogens (tertiary/aromatic N) is 1. The van der Waals surface area contributed by atoms with Gasteiger partial charge in [0.1, 0.15) is 5.75 Å². The number of aromatic nitrogens is 1. The van der Waals surface area contributed by atoms with Gasteiger partial charge in [0.05, 0.1) is 12.3 Å². The zero-order valence-corrected chi connectivity index (χ0v) is 8.00. The molecule has 1 aromatic rings. The van der Waals surface area contributed by atoms with E-state index in [9.17, 15) is 0 Å². The minimum absolute atomic E-state index is 0.782. The molecule has 1 aliphatic carbocycles. The highest BCUT2D eigenvalue weighted by molar-refractivity contribution is 5.45. The number of aryl methyl sites for hydroxylation is 2. The number of fused-ring (bicyclic) bond motifs is 3. The van der Waals surface area contributed by atoms with Crippen LogP contribution in [0.3, 0.4) is 0 Å². The van der Waals surface area contributed by atoms with Crippen LogP contribution in [0, 0.1) is 19.8 Å². The van der Waals surface area contributed by atoms with Crippen molar-refractivity contribution in [2.45, 2.75) is 26.2 Å². The average Bonchev–Trinajstić information content (AvgIpc) is 2.82. The van der Waals surface area contributed by atoms with Crippen molar-refractivity contribution < 1.29 is 4.74 Å². The van der Waals surface area contributed by atoms with Crippen molar-refractivity contribution in [1.82, 2.24) is 4.98 Å². The lowest BCUT2D eigenvalue weighted by molar-refractivity contribution is 0.275. The third-order valence-electron chi connectivity index (χ3n) is 3.06. The summed E-state index contributed by atoms with van der Waals surface area (Å²) in [5.74, 6) is 2.64. The lowest BCUT2D eigenvalue weighted by atomic mass is 10.0. The summed E-state index contributed by atoms with van der Waals surface area (Å²) in [7, 11) is 0. The Morgan fingerprint density at radius 2 is 2.31 bits per heavy atom. The Balaban J connectivity index is 2.19. The molecule has 2 heteroatoms. The Morgan fingerprint density at radius 1 is 1.46 bits per heavy atom. The molecule has 2 nitrogen and oxygen atoms in total. The number of ether oxygens (including phenoxy) is 1. The SMILES string of the molecule is Cc1cc2c(c(C)n1)OC[C@H]1CC21. The molecule has 0 amide bonds. The Hall–Kier alpha value is -1.05. The highest BCUT2D eigenvalue weighted by Crippen LogP contribution is 2.54. The van der Waals surface area contributed by atoms with Crippen LogP contribution in [-0.4, -0.2) is 11.6 Å². The second-order valence-electron chi connectivity index (χ2n) is 4.18. The van der Waals surface area contributed by atoms with Gasteiger partial charge in [-0.25, -0.2) is 0 Å². The fraction of sp³-hybridized carbons (Fsp3) is 0.545. The first kappa shape index (κ1) is 7.36. The number of rotatable bonds is 0. The predicted molar refractivity (Wildman–Crippen MR) is 50.1 cm³/mol. The van der Waals surface area contributed by atoms with E-state index < -0.39 is 0 Å². The predicted octanol–water partition coefficient (Wildman–Crippen LogP) is 2.19. The molecule has 2 aliphatic rings. The minimum atomic E-state index is 0.782. The van der Waals surface area contributed by atoms with Gasteiger partial charge in [-0.2, -0.15) is 0 Å². The Labute approximate surface area is 77.9 Å². The van der Waals surface area contributed by atoms with Gasteiger partial charge < -0.3 is 4.74 Å². The summed E-state index contributed by atoms with van der Waals surface area (Å²) in [5, 5.41) is 0. The molecule has 0 bridgehead atoms. The molecule has 0 aromatic carbocycles. The molecule has 0 spiro atoms. The van der Waals surface area contributed by atoms with Crippen LogP contribution in [-0.2, 0) is 0 Å². The molecular formula is C11H13NO. The largest absolute Gasteiger partial charge is 0.491 e. The zero-order valence-electron chi connectivity index (χ0n) is 8.00. The van der Waals surface area contributed by atoms with Crippen molar-refractivity contribution >= 4 is 0 Å². The van der Waals surface area contributed by atoms with Gasteiger partial charge in [0.2, 0.25) is 0 Å². The van der Waals surface area contributed by atoms with Crippen LogP contribution in [0.5, 0.6) is 5.75 Å². The van der Waals surface area contributed by atoms with Crippen LogP contribution in [0.4, 0.5) is 0 Å². The fourth-order valence-corrected chi connectivity index (χ4v) is 2.31. The second kappa shape index (κ2) is 2.25. The van der Waals surface area contributed by atoms with Crippen LogP contribution >= 0.6 is 0 Å². The van der Waals surface area contributed by atoms with Crippen molar-refractivity contribution in [3.05, 3.63) is 23.0 Å². The zero-order chi connectivity index (χ0) is 9.00. The van der Waals surface area contributed by atoms with Crippen LogP contribution in [0.15, 0.2) is 6.07 Å². The first-order chi connectivity index (χ1) is 6.25. The molecular weight excluding hydrogens is 162 g/mol. The molecule has 68 valence electrons. The van der Waals surface area contributed by atoms with E-state index in [1.165, 1.54) is 12.0 Å². The Bertz CT molecular complexity index is 373. The Morgan fingerprint density at radius 3 is 3.15 bits per heavy atom. The highest BCUT2D eigenvalue weighted by atomic mass is 16.5. The Kier molecular flexibility index (Phi) is 1.27. The van der Waals surface area contributed by atoms with E-state index in [-0.39, 0.29) is 0 Å². The summed E-state index contributed by atoms with van der Waals surface area (Å²) in [6.07, 6.45) is 1.32. The summed E-state index contributed by atoms with van der Waals surface area (Å²) in [4.78, 5) is 4.41. The molecule has 1 unspecified atom stereocenters. The van der Waals surface area contributed by atoms with E-state index >= 15 is 0 Å². The van der Waals surface area contributed by atoms with E-state index in [1.807, 2.05) is 6.92 Å². The van der Waals surface area contributed by atoms with Crippen LogP contribution in [0.2, 0.25) is 0 Å². The monoisotopic (exact) mass is 175 g/mol. The number of pyridine rings is 1. The van der Waals surface area contributed by atoms with Crippen molar-refractivity contribution in [2.24, 2.45) is 5.92 Å². The summed E-state index contributed by atoms with van der Waals surface area (Å²) in [5.41, 5.74) is 3.58. The molecule has 0 saturated heterocycles. The van der Waals surface area contributed by atoms with E-state index in [2.05, 4.69) is 18.0 Å². The summed E-state index contributed by atoms with van der Waals surface area (Å²) in [6.45, 7) is 5.00. The van der Waals surface area contributed by atoms with Crippen molar-refractivity contribution in [3.63, 3.8) is 0 Å². The van der Waals surface area contributed by atoms with Crippen LogP contribution < -0.4 is 4.74 Å². The smallest absolute Gasteiger partial charge is 0.143 e. The van der Waals surface area contributed by atoms with Gasteiger partial charge in [-0.1, -0.05) is 0 Å². The third-order valence-corrected chi connectivity index (χ3v) is 3.06. The molecule has 0 radical (unpaired) electrons. The second-order valence-corrected chi connectivity index (χ2v) is 4.18. The lowest BCUT2D eigenvalue weighted by Crippen LogP contribution is -2.11. The topological polar surface area (TPSA) is 22.1 Å². The third kappa shape index (κ3) is 0.978. The van der Waals surface area contributed by atoms with E-state index in [1.54, 1.807) is 0 Å². The van der Waals surface area contributed by atoms with E-state index in [0.29, 0.717) is 0 Å². The maximum Gasteiger partial charge on any atom is 0.143 e. The number of hydrogen-bond acceptors (Lipinski definition) is 2. The molecule has 3 rings (SSSR count). The molecule has 1 saturated carbocycles. The molecule has 1 aliphatic heterocycles. The lowest BCUT2D eigenvalue weighted by Gasteiger charge is -2.18. The van der Waals surface area contributed by atoms with Gasteiger partial charge in [-0.05, 0) is 32.3 Å². The summed E-state index contributed by atoms with van der Waals surface area (Å²) in [6, 6.07) is 2.19. The highest BCUT2D eigenvalue weighted by Gasteiger charge is 2.44. The molecule has 13 heavy (non-hydrogen) atoms. The number of hydrogen-bond donors (Lipinski definition) is 0. The molecule has 2 atom stereocenters. The first-order valence-corrected chi connectivity index (χ1v) is 4.86. The van der Waals surface area contributed by atoms with Gasteiger partial charge in [0.15, 0.2) is 0 Å². The molecule has 2 heterocycles. The van der Waals surface area contributed by atoms with Crippen LogP contribution in [0.1, 0.15) is 29.3 Å². The fourth-order valence-electron chi connectivity index (χ4n) is 2.31. The minimum Gasteiger partial charge on any atom is -0.491 e. The van der Waals surface area contributed by atoms with Gasteiger partial charge in [0.25, 0.3) is 0 Å². The molecule has 1 fully saturated rings. The van der Waals surface area contributed by atoms with E-state index in [4.69, 9.17) is 4.74 Å². The van der Waals surface area contributed by atoms with Crippen LogP contribution in [0.25, 0.3) is 0 Å². The standard InChI is InChI=1S/C11H13NO/c1-6-3-10-9-4-8(9)5-13-11(10)7(2)12-6/h3,8-9H,4-5H2,1-2H3/t8-,9?/m1/s1. The summed E-state index contributed by atoms with van der Waals surface area (Å²) < 4.78 is 5.70. The maximum atomic E-state index is 5.70. The molecule has 0 N–H and O–H groups in total. The first-order valence-electron chi connectivity index (χ1n) is 4.86. The van der Waals surface area contributed by atoms with Crippen molar-refractivity contribution in [2.75, 3.05) is 6.61 Å².